The van der Waals surface area contributed by atoms with Gasteiger partial charge in [0.2, 0.25) is 0 Å². The van der Waals surface area contributed by atoms with Crippen LogP contribution in [0.4, 0.5) is 0 Å². The van der Waals surface area contributed by atoms with Gasteiger partial charge in [0.1, 0.15) is 0 Å². The third-order valence-electron chi connectivity index (χ3n) is 4.39. The minimum Gasteiger partial charge on any atom is -0.298 e. The molecule has 0 amide bonds. The third kappa shape index (κ3) is 1.41. The van der Waals surface area contributed by atoms with Gasteiger partial charge in [-0.25, -0.2) is 0 Å². The summed E-state index contributed by atoms with van der Waals surface area (Å²) in [4.78, 5) is 0. The zero-order valence-electron chi connectivity index (χ0n) is 11.1. The molecule has 2 atom stereocenters. The summed E-state index contributed by atoms with van der Waals surface area (Å²) in [5.74, 6) is 0. The van der Waals surface area contributed by atoms with E-state index in [2.05, 4.69) is 58.1 Å². The molecule has 88 valence electrons. The van der Waals surface area contributed by atoms with Gasteiger partial charge < -0.3 is 0 Å². The van der Waals surface area contributed by atoms with Crippen LogP contribution in [0.15, 0.2) is 18.2 Å². The van der Waals surface area contributed by atoms with Gasteiger partial charge in [-0.1, -0.05) is 32.0 Å². The number of hydrogen-bond acceptors (Lipinski definition) is 1. The van der Waals surface area contributed by atoms with Crippen LogP contribution in [-0.4, -0.2) is 0 Å². The van der Waals surface area contributed by atoms with Crippen molar-refractivity contribution in [3.05, 3.63) is 34.9 Å². The van der Waals surface area contributed by atoms with Crippen LogP contribution in [0.1, 0.15) is 57.2 Å². The summed E-state index contributed by atoms with van der Waals surface area (Å²) in [6.07, 6.45) is 2.28. The lowest BCUT2D eigenvalue weighted by Gasteiger charge is -2.31. The van der Waals surface area contributed by atoms with Crippen molar-refractivity contribution in [2.45, 2.75) is 58.5 Å². The Hall–Kier alpha value is -0.820. The third-order valence-corrected chi connectivity index (χ3v) is 4.39. The van der Waals surface area contributed by atoms with Crippen molar-refractivity contribution in [2.75, 3.05) is 0 Å². The normalized spacial score (nSPS) is 32.8. The number of nitrogens with one attached hydrogen (secondary N) is 1. The molecule has 1 aliphatic rings. The monoisotopic (exact) mass is 217 g/mol. The summed E-state index contributed by atoms with van der Waals surface area (Å²) in [6, 6.07) is 6.71. The first-order valence-electron chi connectivity index (χ1n) is 6.37. The van der Waals surface area contributed by atoms with Crippen LogP contribution in [0.2, 0.25) is 0 Å². The zero-order valence-corrected chi connectivity index (χ0v) is 11.1. The standard InChI is InChI=1S/C15H23N/c1-6-14(4)12-10-8-9-11(3)13(12)15(5,7-2)16-14/h8-10,16H,6-7H2,1-5H3. The Labute approximate surface area is 99.3 Å². The van der Waals surface area contributed by atoms with Gasteiger partial charge in [-0.2, -0.15) is 0 Å². The predicted molar refractivity (Wildman–Crippen MR) is 69.6 cm³/mol. The molecule has 0 saturated heterocycles. The summed E-state index contributed by atoms with van der Waals surface area (Å²) >= 11 is 0. The minimum atomic E-state index is 0.144. The molecular formula is C15H23N. The fourth-order valence-corrected chi connectivity index (χ4v) is 3.14. The zero-order chi connectivity index (χ0) is 12.0. The molecule has 1 N–H and O–H groups in total. The van der Waals surface area contributed by atoms with Crippen molar-refractivity contribution in [3.8, 4) is 0 Å². The van der Waals surface area contributed by atoms with E-state index >= 15 is 0 Å². The number of benzene rings is 1. The molecule has 0 saturated carbocycles. The van der Waals surface area contributed by atoms with Gasteiger partial charge in [0.05, 0.1) is 0 Å². The molecule has 0 spiro atoms. The van der Waals surface area contributed by atoms with Crippen molar-refractivity contribution < 1.29 is 0 Å². The fourth-order valence-electron chi connectivity index (χ4n) is 3.14. The average Bonchev–Trinajstić information content (AvgIpc) is 2.51. The molecule has 0 aliphatic carbocycles. The largest absolute Gasteiger partial charge is 0.298 e. The van der Waals surface area contributed by atoms with Gasteiger partial charge in [0.15, 0.2) is 0 Å². The lowest BCUT2D eigenvalue weighted by molar-refractivity contribution is 0.265. The maximum absolute atomic E-state index is 3.85. The fraction of sp³-hybridized carbons (Fsp3) is 0.600. The average molecular weight is 217 g/mol. The molecule has 1 heteroatoms. The molecule has 0 aromatic heterocycles. The first-order valence-corrected chi connectivity index (χ1v) is 6.37. The van der Waals surface area contributed by atoms with Crippen LogP contribution in [-0.2, 0) is 11.1 Å². The molecule has 2 unspecified atom stereocenters. The maximum Gasteiger partial charge on any atom is 0.0416 e. The molecule has 0 radical (unpaired) electrons. The van der Waals surface area contributed by atoms with Gasteiger partial charge >= 0.3 is 0 Å². The second-order valence-corrected chi connectivity index (χ2v) is 5.49. The molecule has 0 fully saturated rings. The van der Waals surface area contributed by atoms with Gasteiger partial charge in [-0.3, -0.25) is 5.32 Å². The Morgan fingerprint density at radius 3 is 2.25 bits per heavy atom. The molecule has 1 nitrogen and oxygen atoms in total. The smallest absolute Gasteiger partial charge is 0.0416 e. The van der Waals surface area contributed by atoms with E-state index in [9.17, 15) is 0 Å². The Kier molecular flexibility index (Phi) is 2.62. The molecule has 2 rings (SSSR count). The molecule has 1 aromatic carbocycles. The van der Waals surface area contributed by atoms with Crippen molar-refractivity contribution >= 4 is 0 Å². The Bertz CT molecular complexity index is 410. The number of fused-ring (bicyclic) bond motifs is 1. The minimum absolute atomic E-state index is 0.144. The highest BCUT2D eigenvalue weighted by Crippen LogP contribution is 2.45. The van der Waals surface area contributed by atoms with E-state index in [0.29, 0.717) is 0 Å². The topological polar surface area (TPSA) is 12.0 Å². The molecule has 1 heterocycles. The van der Waals surface area contributed by atoms with E-state index in [1.807, 2.05) is 0 Å². The van der Waals surface area contributed by atoms with Crippen LogP contribution in [0.5, 0.6) is 0 Å². The summed E-state index contributed by atoms with van der Waals surface area (Å²) < 4.78 is 0. The van der Waals surface area contributed by atoms with Crippen LogP contribution < -0.4 is 5.32 Å². The molecule has 0 bridgehead atoms. The van der Waals surface area contributed by atoms with Gasteiger partial charge in [0.25, 0.3) is 0 Å². The SMILES string of the molecule is CCC1(C)NC(C)(CC)c2c(C)cccc21. The van der Waals surface area contributed by atoms with Gasteiger partial charge in [-0.05, 0) is 50.3 Å². The van der Waals surface area contributed by atoms with Crippen molar-refractivity contribution in [1.29, 1.82) is 0 Å². The quantitative estimate of drug-likeness (QED) is 0.793. The number of aryl methyl sites for hydroxylation is 1. The Morgan fingerprint density at radius 1 is 1.06 bits per heavy atom. The summed E-state index contributed by atoms with van der Waals surface area (Å²) in [5, 5.41) is 3.85. The number of hydrogen-bond donors (Lipinski definition) is 1. The molecule has 16 heavy (non-hydrogen) atoms. The van der Waals surface area contributed by atoms with Crippen LogP contribution in [0.25, 0.3) is 0 Å². The van der Waals surface area contributed by atoms with Crippen molar-refractivity contribution in [2.24, 2.45) is 0 Å². The molecule has 1 aromatic rings. The highest BCUT2D eigenvalue weighted by Gasteiger charge is 2.45. The summed E-state index contributed by atoms with van der Waals surface area (Å²) in [5.41, 5.74) is 4.74. The van der Waals surface area contributed by atoms with Crippen molar-refractivity contribution in [1.82, 2.24) is 5.32 Å². The van der Waals surface area contributed by atoms with Gasteiger partial charge in [0, 0.05) is 11.1 Å². The van der Waals surface area contributed by atoms with E-state index < -0.39 is 0 Å². The summed E-state index contributed by atoms with van der Waals surface area (Å²) in [6.45, 7) is 11.4. The molecule has 1 aliphatic heterocycles. The second kappa shape index (κ2) is 3.59. The van der Waals surface area contributed by atoms with Crippen LogP contribution in [0.3, 0.4) is 0 Å². The second-order valence-electron chi connectivity index (χ2n) is 5.49. The molecular weight excluding hydrogens is 194 g/mol. The number of rotatable bonds is 2. The Morgan fingerprint density at radius 2 is 1.69 bits per heavy atom. The van der Waals surface area contributed by atoms with Crippen LogP contribution >= 0.6 is 0 Å². The highest BCUT2D eigenvalue weighted by atomic mass is 15.1. The lowest BCUT2D eigenvalue weighted by atomic mass is 9.84. The van der Waals surface area contributed by atoms with Crippen LogP contribution in [0, 0.1) is 6.92 Å². The van der Waals surface area contributed by atoms with Crippen molar-refractivity contribution in [3.63, 3.8) is 0 Å². The van der Waals surface area contributed by atoms with Gasteiger partial charge in [-0.15, -0.1) is 0 Å². The Balaban J connectivity index is 2.67. The first kappa shape index (κ1) is 11.7. The summed E-state index contributed by atoms with van der Waals surface area (Å²) in [7, 11) is 0. The predicted octanol–water partition coefficient (Wildman–Crippen LogP) is 3.85. The highest BCUT2D eigenvalue weighted by molar-refractivity contribution is 5.48. The first-order chi connectivity index (χ1) is 7.47. The van der Waals surface area contributed by atoms with E-state index in [1.165, 1.54) is 16.7 Å². The maximum atomic E-state index is 3.85. The van der Waals surface area contributed by atoms with E-state index in [4.69, 9.17) is 0 Å². The lowest BCUT2D eigenvalue weighted by Crippen LogP contribution is -2.43. The van der Waals surface area contributed by atoms with E-state index in [1.54, 1.807) is 0 Å². The van der Waals surface area contributed by atoms with E-state index in [0.717, 1.165) is 12.8 Å². The van der Waals surface area contributed by atoms with E-state index in [-0.39, 0.29) is 11.1 Å².